The highest BCUT2D eigenvalue weighted by Gasteiger charge is 2.22. The van der Waals surface area contributed by atoms with Crippen LogP contribution in [0, 0.1) is 23.0 Å². The molecule has 9 nitrogen and oxygen atoms in total. The lowest BCUT2D eigenvalue weighted by molar-refractivity contribution is -0.384. The van der Waals surface area contributed by atoms with E-state index in [-0.39, 0.29) is 17.3 Å². The van der Waals surface area contributed by atoms with Gasteiger partial charge in [0.1, 0.15) is 5.75 Å². The molecule has 0 bridgehead atoms. The Balaban J connectivity index is 1.70. The number of nitrogens with one attached hydrogen (secondary N) is 1. The Hall–Kier alpha value is -3.11. The van der Waals surface area contributed by atoms with Crippen molar-refractivity contribution in [2.45, 2.75) is 45.5 Å². The van der Waals surface area contributed by atoms with E-state index in [0.29, 0.717) is 45.5 Å². The largest absolute Gasteiger partial charge is 0.481 e. The van der Waals surface area contributed by atoms with Crippen LogP contribution in [0.3, 0.4) is 0 Å². The van der Waals surface area contributed by atoms with Crippen molar-refractivity contribution >= 4 is 40.6 Å². The van der Waals surface area contributed by atoms with Gasteiger partial charge in [0.25, 0.3) is 5.69 Å². The number of hydrogen-bond donors (Lipinski definition) is 1. The number of nitro benzene ring substituents is 1. The molecule has 34 heavy (non-hydrogen) atoms. The van der Waals surface area contributed by atoms with E-state index >= 15 is 0 Å². The zero-order valence-corrected chi connectivity index (χ0v) is 20.9. The van der Waals surface area contributed by atoms with E-state index in [0.717, 1.165) is 0 Å². The Kier molecular flexibility index (Phi) is 8.51. The first-order chi connectivity index (χ1) is 16.2. The molecule has 0 aliphatic heterocycles. The SMILES string of the molecule is Cc1cc([N+](=O)[O-])ccc1NC(=O)CSc1nnc(C(C)Oc2ccccc2Cl)n1CC(C)C. The lowest BCUT2D eigenvalue weighted by Gasteiger charge is -2.18. The van der Waals surface area contributed by atoms with Crippen LogP contribution < -0.4 is 10.1 Å². The summed E-state index contributed by atoms with van der Waals surface area (Å²) in [5.41, 5.74) is 1.12. The number of aromatic nitrogens is 3. The van der Waals surface area contributed by atoms with Crippen LogP contribution in [0.2, 0.25) is 5.02 Å². The van der Waals surface area contributed by atoms with Crippen LogP contribution in [0.4, 0.5) is 11.4 Å². The number of benzene rings is 2. The molecule has 1 unspecified atom stereocenters. The Morgan fingerprint density at radius 2 is 1.97 bits per heavy atom. The number of thioether (sulfide) groups is 1. The average molecular weight is 504 g/mol. The Bertz CT molecular complexity index is 1180. The van der Waals surface area contributed by atoms with Crippen LogP contribution in [0.25, 0.3) is 0 Å². The summed E-state index contributed by atoms with van der Waals surface area (Å²) < 4.78 is 7.98. The molecule has 1 aromatic heterocycles. The lowest BCUT2D eigenvalue weighted by Crippen LogP contribution is -2.17. The van der Waals surface area contributed by atoms with Crippen LogP contribution in [0.15, 0.2) is 47.6 Å². The maximum Gasteiger partial charge on any atom is 0.269 e. The first-order valence-electron chi connectivity index (χ1n) is 10.7. The van der Waals surface area contributed by atoms with Crippen LogP contribution in [0.1, 0.15) is 38.3 Å². The van der Waals surface area contributed by atoms with Crippen molar-refractivity contribution in [2.75, 3.05) is 11.1 Å². The number of non-ortho nitro benzene ring substituents is 1. The maximum atomic E-state index is 12.5. The van der Waals surface area contributed by atoms with Crippen molar-refractivity contribution in [1.82, 2.24) is 14.8 Å². The molecule has 0 radical (unpaired) electrons. The second-order valence-corrected chi connectivity index (χ2v) is 9.48. The third-order valence-electron chi connectivity index (χ3n) is 4.82. The predicted molar refractivity (Wildman–Crippen MR) is 133 cm³/mol. The third-order valence-corrected chi connectivity index (χ3v) is 6.10. The summed E-state index contributed by atoms with van der Waals surface area (Å²) in [4.78, 5) is 23.0. The monoisotopic (exact) mass is 503 g/mol. The molecule has 0 aliphatic rings. The summed E-state index contributed by atoms with van der Waals surface area (Å²) in [6.45, 7) is 8.41. The summed E-state index contributed by atoms with van der Waals surface area (Å²) >= 11 is 7.49. The molecule has 3 rings (SSSR count). The maximum absolute atomic E-state index is 12.5. The highest BCUT2D eigenvalue weighted by Crippen LogP contribution is 2.30. The van der Waals surface area contributed by atoms with E-state index in [2.05, 4.69) is 29.4 Å². The number of aryl methyl sites for hydroxylation is 1. The van der Waals surface area contributed by atoms with E-state index in [1.54, 1.807) is 19.1 Å². The van der Waals surface area contributed by atoms with Gasteiger partial charge in [0.05, 0.1) is 15.7 Å². The predicted octanol–water partition coefficient (Wildman–Crippen LogP) is 5.67. The first-order valence-corrected chi connectivity index (χ1v) is 12.0. The first kappa shape index (κ1) is 25.5. The van der Waals surface area contributed by atoms with E-state index < -0.39 is 11.0 Å². The molecule has 11 heteroatoms. The number of hydrogen-bond acceptors (Lipinski definition) is 7. The van der Waals surface area contributed by atoms with E-state index in [9.17, 15) is 14.9 Å². The highest BCUT2D eigenvalue weighted by molar-refractivity contribution is 7.99. The van der Waals surface area contributed by atoms with Gasteiger partial charge < -0.3 is 14.6 Å². The molecule has 0 fully saturated rings. The molecule has 1 atom stereocenters. The molecule has 180 valence electrons. The zero-order valence-electron chi connectivity index (χ0n) is 19.3. The van der Waals surface area contributed by atoms with Crippen molar-refractivity contribution < 1.29 is 14.5 Å². The average Bonchev–Trinajstić information content (AvgIpc) is 3.17. The molecule has 1 N–H and O–H groups in total. The number of carbonyl (C=O) groups excluding carboxylic acids is 1. The summed E-state index contributed by atoms with van der Waals surface area (Å²) in [7, 11) is 0. The molecule has 1 amide bonds. The summed E-state index contributed by atoms with van der Waals surface area (Å²) in [5, 5.41) is 23.4. The number of ether oxygens (including phenoxy) is 1. The van der Waals surface area contributed by atoms with Gasteiger partial charge in [-0.1, -0.05) is 49.3 Å². The third kappa shape index (κ3) is 6.48. The van der Waals surface area contributed by atoms with Crippen molar-refractivity contribution in [3.05, 3.63) is 69.0 Å². The van der Waals surface area contributed by atoms with Gasteiger partial charge in [-0.15, -0.1) is 10.2 Å². The number of para-hydroxylation sites is 1. The normalized spacial score (nSPS) is 11.9. The van der Waals surface area contributed by atoms with Crippen LogP contribution in [-0.2, 0) is 11.3 Å². The second kappa shape index (κ2) is 11.3. The van der Waals surface area contributed by atoms with Gasteiger partial charge in [0, 0.05) is 24.4 Å². The van der Waals surface area contributed by atoms with Gasteiger partial charge in [-0.2, -0.15) is 0 Å². The number of halogens is 1. The van der Waals surface area contributed by atoms with Gasteiger partial charge in [0.15, 0.2) is 17.1 Å². The summed E-state index contributed by atoms with van der Waals surface area (Å²) in [6, 6.07) is 11.6. The van der Waals surface area contributed by atoms with Crippen molar-refractivity contribution in [2.24, 2.45) is 5.92 Å². The fourth-order valence-electron chi connectivity index (χ4n) is 3.25. The quantitative estimate of drug-likeness (QED) is 0.215. The van der Waals surface area contributed by atoms with Crippen molar-refractivity contribution in [3.63, 3.8) is 0 Å². The summed E-state index contributed by atoms with van der Waals surface area (Å²) in [6.07, 6.45) is -0.405. The van der Waals surface area contributed by atoms with E-state index in [4.69, 9.17) is 16.3 Å². The Morgan fingerprint density at radius 1 is 1.24 bits per heavy atom. The number of anilines is 1. The minimum atomic E-state index is -0.468. The smallest absolute Gasteiger partial charge is 0.269 e. The fourth-order valence-corrected chi connectivity index (χ4v) is 4.18. The second-order valence-electron chi connectivity index (χ2n) is 8.13. The number of rotatable bonds is 10. The van der Waals surface area contributed by atoms with Crippen LogP contribution in [0.5, 0.6) is 5.75 Å². The van der Waals surface area contributed by atoms with E-state index in [1.807, 2.05) is 23.6 Å². The minimum Gasteiger partial charge on any atom is -0.481 e. The lowest BCUT2D eigenvalue weighted by atomic mass is 10.2. The van der Waals surface area contributed by atoms with Crippen LogP contribution >= 0.6 is 23.4 Å². The molecule has 2 aromatic carbocycles. The molecule has 3 aromatic rings. The van der Waals surface area contributed by atoms with E-state index in [1.165, 1.54) is 30.0 Å². The number of amides is 1. The molecular formula is C23H26ClN5O4S. The van der Waals surface area contributed by atoms with Gasteiger partial charge in [-0.05, 0) is 43.5 Å². The molecule has 0 saturated heterocycles. The number of nitro groups is 1. The molecule has 1 heterocycles. The Labute approximate surface area is 207 Å². The van der Waals surface area contributed by atoms with Gasteiger partial charge in [-0.25, -0.2) is 0 Å². The number of carbonyl (C=O) groups is 1. The topological polar surface area (TPSA) is 112 Å². The Morgan fingerprint density at radius 3 is 2.62 bits per heavy atom. The standard InChI is InChI=1S/C23H26ClN5O4S/c1-14(2)12-28-22(16(4)33-20-8-6-5-7-18(20)24)26-27-23(28)34-13-21(30)25-19-10-9-17(29(31)32)11-15(19)3/h5-11,14,16H,12-13H2,1-4H3,(H,25,30). The number of nitrogens with zero attached hydrogens (tertiary/aromatic N) is 4. The highest BCUT2D eigenvalue weighted by atomic mass is 35.5. The minimum absolute atomic E-state index is 0.0210. The van der Waals surface area contributed by atoms with Crippen molar-refractivity contribution in [1.29, 1.82) is 0 Å². The molecular weight excluding hydrogens is 478 g/mol. The van der Waals surface area contributed by atoms with Gasteiger partial charge in [-0.3, -0.25) is 14.9 Å². The summed E-state index contributed by atoms with van der Waals surface area (Å²) in [5.74, 6) is 1.37. The molecule has 0 aliphatic carbocycles. The van der Waals surface area contributed by atoms with Gasteiger partial charge >= 0.3 is 0 Å². The zero-order chi connectivity index (χ0) is 24.8. The fraction of sp³-hybridized carbons (Fsp3) is 0.348. The molecule has 0 spiro atoms. The molecule has 0 saturated carbocycles. The van der Waals surface area contributed by atoms with Crippen molar-refractivity contribution in [3.8, 4) is 5.75 Å². The van der Waals surface area contributed by atoms with Gasteiger partial charge in [0.2, 0.25) is 5.91 Å². The van der Waals surface area contributed by atoms with Crippen LogP contribution in [-0.4, -0.2) is 31.3 Å².